The number of hydrogen-bond donors (Lipinski definition) is 2. The minimum atomic E-state index is -3.20. The van der Waals surface area contributed by atoms with Crippen LogP contribution in [0, 0.1) is 0 Å². The molecule has 7 nitrogen and oxygen atoms in total. The molecule has 0 atom stereocenters. The first-order valence-corrected chi connectivity index (χ1v) is 10.1. The average Bonchev–Trinajstić information content (AvgIpc) is 2.54. The lowest BCUT2D eigenvalue weighted by Crippen LogP contribution is -2.36. The van der Waals surface area contributed by atoms with Crippen LogP contribution in [0.25, 0.3) is 0 Å². The molecule has 2 heterocycles. The van der Waals surface area contributed by atoms with Crippen LogP contribution >= 0.6 is 0 Å². The highest BCUT2D eigenvalue weighted by molar-refractivity contribution is 7.90. The van der Waals surface area contributed by atoms with Crippen molar-refractivity contribution >= 4 is 21.6 Å². The number of anilines is 2. The molecule has 3 rings (SSSR count). The quantitative estimate of drug-likeness (QED) is 0.835. The third kappa shape index (κ3) is 4.46. The lowest BCUT2D eigenvalue weighted by atomic mass is 10.1. The Balaban J connectivity index is 1.78. The van der Waals surface area contributed by atoms with Crippen molar-refractivity contribution in [2.24, 2.45) is 0 Å². The maximum absolute atomic E-state index is 11.5. The zero-order valence-corrected chi connectivity index (χ0v) is 14.9. The van der Waals surface area contributed by atoms with Gasteiger partial charge >= 0.3 is 0 Å². The Morgan fingerprint density at radius 2 is 1.84 bits per heavy atom. The molecule has 2 aromatic rings. The summed E-state index contributed by atoms with van der Waals surface area (Å²) in [5, 5.41) is 9.63. The molecule has 8 heteroatoms. The van der Waals surface area contributed by atoms with Crippen LogP contribution in [-0.2, 0) is 16.3 Å². The van der Waals surface area contributed by atoms with Gasteiger partial charge in [-0.1, -0.05) is 12.1 Å². The van der Waals surface area contributed by atoms with Gasteiger partial charge in [0, 0.05) is 31.8 Å². The molecule has 1 fully saturated rings. The topological polar surface area (TPSA) is 109 Å². The number of aromatic nitrogens is 2. The predicted molar refractivity (Wildman–Crippen MR) is 96.3 cm³/mol. The van der Waals surface area contributed by atoms with Crippen molar-refractivity contribution in [3.05, 3.63) is 41.6 Å². The van der Waals surface area contributed by atoms with Gasteiger partial charge in [-0.05, 0) is 30.5 Å². The molecule has 0 spiro atoms. The number of aliphatic hydroxyl groups excluding tert-OH is 1. The van der Waals surface area contributed by atoms with E-state index >= 15 is 0 Å². The summed E-state index contributed by atoms with van der Waals surface area (Å²) < 4.78 is 23.1. The highest BCUT2D eigenvalue weighted by atomic mass is 32.2. The summed E-state index contributed by atoms with van der Waals surface area (Å²) in [6, 6.07) is 8.67. The second-order valence-electron chi connectivity index (χ2n) is 6.39. The Kier molecular flexibility index (Phi) is 4.91. The number of nitrogen functional groups attached to an aromatic ring is 1. The zero-order chi connectivity index (χ0) is 18.0. The van der Waals surface area contributed by atoms with Crippen LogP contribution in [0.4, 0.5) is 11.8 Å². The van der Waals surface area contributed by atoms with E-state index in [4.69, 9.17) is 5.73 Å². The summed E-state index contributed by atoms with van der Waals surface area (Å²) in [7, 11) is -3.20. The molecule has 0 bridgehead atoms. The molecule has 0 amide bonds. The van der Waals surface area contributed by atoms with E-state index in [-0.39, 0.29) is 12.1 Å². The molecular weight excluding hydrogens is 340 g/mol. The molecule has 1 saturated heterocycles. The molecule has 0 aliphatic carbocycles. The van der Waals surface area contributed by atoms with Crippen LogP contribution in [0.2, 0.25) is 0 Å². The van der Waals surface area contributed by atoms with Crippen molar-refractivity contribution in [2.75, 3.05) is 30.0 Å². The normalized spacial score (nSPS) is 16.2. The number of aliphatic hydroxyl groups is 1. The van der Waals surface area contributed by atoms with E-state index in [0.29, 0.717) is 24.2 Å². The van der Waals surface area contributed by atoms with Gasteiger partial charge in [0.1, 0.15) is 5.82 Å². The van der Waals surface area contributed by atoms with Crippen LogP contribution in [0.5, 0.6) is 0 Å². The van der Waals surface area contributed by atoms with Crippen LogP contribution < -0.4 is 10.6 Å². The van der Waals surface area contributed by atoms with Gasteiger partial charge in [0.25, 0.3) is 0 Å². The van der Waals surface area contributed by atoms with Crippen molar-refractivity contribution in [1.29, 1.82) is 0 Å². The zero-order valence-electron chi connectivity index (χ0n) is 14.1. The minimum absolute atomic E-state index is 0.214. The maximum atomic E-state index is 11.5. The van der Waals surface area contributed by atoms with E-state index in [1.807, 2.05) is 6.07 Å². The highest BCUT2D eigenvalue weighted by Crippen LogP contribution is 2.21. The number of nitrogens with two attached hydrogens (primary N) is 1. The Labute approximate surface area is 147 Å². The third-order valence-corrected chi connectivity index (χ3v) is 5.44. The first-order valence-electron chi connectivity index (χ1n) is 8.17. The smallest absolute Gasteiger partial charge is 0.222 e. The molecule has 1 aromatic heterocycles. The summed E-state index contributed by atoms with van der Waals surface area (Å²) in [4.78, 5) is 11.0. The molecule has 0 unspecified atom stereocenters. The van der Waals surface area contributed by atoms with Crippen molar-refractivity contribution < 1.29 is 13.5 Å². The number of piperidine rings is 1. The van der Waals surface area contributed by atoms with Crippen molar-refractivity contribution in [1.82, 2.24) is 9.97 Å². The molecule has 1 aliphatic heterocycles. The number of benzene rings is 1. The summed E-state index contributed by atoms with van der Waals surface area (Å²) in [6.07, 6.45) is 2.91. The van der Waals surface area contributed by atoms with Crippen molar-refractivity contribution in [2.45, 2.75) is 30.3 Å². The van der Waals surface area contributed by atoms with E-state index in [1.54, 1.807) is 24.3 Å². The second-order valence-corrected chi connectivity index (χ2v) is 8.40. The number of sulfone groups is 1. The Morgan fingerprint density at radius 1 is 1.20 bits per heavy atom. The van der Waals surface area contributed by atoms with Gasteiger partial charge in [0.2, 0.25) is 5.95 Å². The Hall–Kier alpha value is -2.19. The number of nitrogens with zero attached hydrogens (tertiary/aromatic N) is 3. The van der Waals surface area contributed by atoms with Gasteiger partial charge in [-0.3, -0.25) is 0 Å². The Morgan fingerprint density at radius 3 is 2.44 bits per heavy atom. The van der Waals surface area contributed by atoms with Gasteiger partial charge in [-0.2, -0.15) is 4.98 Å². The summed E-state index contributed by atoms with van der Waals surface area (Å²) in [5.74, 6) is 0.980. The van der Waals surface area contributed by atoms with Gasteiger partial charge < -0.3 is 15.7 Å². The fourth-order valence-electron chi connectivity index (χ4n) is 2.91. The van der Waals surface area contributed by atoms with E-state index in [9.17, 15) is 13.5 Å². The maximum Gasteiger partial charge on any atom is 0.222 e. The molecule has 134 valence electrons. The molecule has 25 heavy (non-hydrogen) atoms. The summed E-state index contributed by atoms with van der Waals surface area (Å²) in [6.45, 7) is 1.47. The van der Waals surface area contributed by atoms with Crippen LogP contribution in [0.1, 0.15) is 24.1 Å². The molecular formula is C17H22N4O3S. The standard InChI is InChI=1S/C17H22N4O3S/c1-25(23,24)15-4-2-12(3-5-15)10-13-11-16(20-17(18)19-13)21-8-6-14(22)7-9-21/h2-5,11,14,22H,6-10H2,1H3,(H2,18,19,20). The SMILES string of the molecule is CS(=O)(=O)c1ccc(Cc2cc(N3CCC(O)CC3)nc(N)n2)cc1. The average molecular weight is 362 g/mol. The summed E-state index contributed by atoms with van der Waals surface area (Å²) >= 11 is 0. The van der Waals surface area contributed by atoms with E-state index in [0.717, 1.165) is 30.2 Å². The number of hydrogen-bond acceptors (Lipinski definition) is 7. The molecule has 0 radical (unpaired) electrons. The lowest BCUT2D eigenvalue weighted by molar-refractivity contribution is 0.145. The van der Waals surface area contributed by atoms with Crippen molar-refractivity contribution in [3.8, 4) is 0 Å². The number of rotatable bonds is 4. The molecule has 3 N–H and O–H groups in total. The van der Waals surface area contributed by atoms with Gasteiger partial charge in [0.15, 0.2) is 9.84 Å². The van der Waals surface area contributed by atoms with E-state index in [2.05, 4.69) is 14.9 Å². The summed E-state index contributed by atoms with van der Waals surface area (Å²) in [5.41, 5.74) is 7.58. The molecule has 1 aromatic carbocycles. The van der Waals surface area contributed by atoms with Gasteiger partial charge in [0.05, 0.1) is 16.7 Å². The molecule has 1 aliphatic rings. The van der Waals surface area contributed by atoms with Crippen LogP contribution in [-0.4, -0.2) is 48.9 Å². The van der Waals surface area contributed by atoms with Crippen LogP contribution in [0.3, 0.4) is 0 Å². The highest BCUT2D eigenvalue weighted by Gasteiger charge is 2.19. The van der Waals surface area contributed by atoms with Gasteiger partial charge in [-0.25, -0.2) is 13.4 Å². The first kappa shape index (κ1) is 17.6. The minimum Gasteiger partial charge on any atom is -0.393 e. The fourth-order valence-corrected chi connectivity index (χ4v) is 3.54. The fraction of sp³-hybridized carbons (Fsp3) is 0.412. The largest absolute Gasteiger partial charge is 0.393 e. The van der Waals surface area contributed by atoms with E-state index < -0.39 is 9.84 Å². The predicted octanol–water partition coefficient (Wildman–Crippen LogP) is 1.01. The van der Waals surface area contributed by atoms with Crippen LogP contribution in [0.15, 0.2) is 35.2 Å². The van der Waals surface area contributed by atoms with E-state index in [1.165, 1.54) is 6.26 Å². The van der Waals surface area contributed by atoms with Crippen molar-refractivity contribution in [3.63, 3.8) is 0 Å². The third-order valence-electron chi connectivity index (χ3n) is 4.31. The first-order chi connectivity index (χ1) is 11.8. The monoisotopic (exact) mass is 362 g/mol. The Bertz CT molecular complexity index is 845. The second kappa shape index (κ2) is 6.97. The lowest BCUT2D eigenvalue weighted by Gasteiger charge is -2.30. The molecule has 0 saturated carbocycles. The van der Waals surface area contributed by atoms with Gasteiger partial charge in [-0.15, -0.1) is 0 Å².